The Morgan fingerprint density at radius 1 is 1.19 bits per heavy atom. The maximum Gasteiger partial charge on any atom is 0.226 e. The van der Waals surface area contributed by atoms with Crippen molar-refractivity contribution in [3.63, 3.8) is 0 Å². The summed E-state index contributed by atoms with van der Waals surface area (Å²) in [5.41, 5.74) is 3.60. The lowest BCUT2D eigenvalue weighted by atomic mass is 10.1. The highest BCUT2D eigenvalue weighted by atomic mass is 16.2. The molecular formula is C14H21NO. The highest BCUT2D eigenvalue weighted by molar-refractivity contribution is 5.94. The van der Waals surface area contributed by atoms with Crippen molar-refractivity contribution in [2.45, 2.75) is 40.0 Å². The zero-order chi connectivity index (χ0) is 12.1. The number of fused-ring (bicyclic) bond motifs is 1. The number of hydrogen-bond acceptors (Lipinski definition) is 1. The van der Waals surface area contributed by atoms with Crippen LogP contribution in [-0.2, 0) is 11.2 Å². The summed E-state index contributed by atoms with van der Waals surface area (Å²) in [5.74, 6) is 0.231. The van der Waals surface area contributed by atoms with Gasteiger partial charge in [-0.15, -0.1) is 0 Å². The first kappa shape index (κ1) is 12.8. The minimum Gasteiger partial charge on any atom is -0.315 e. The number of nitrogens with zero attached hydrogens (tertiary/aromatic N) is 1. The zero-order valence-electron chi connectivity index (χ0n) is 10.7. The second-order valence-electron chi connectivity index (χ2n) is 3.94. The van der Waals surface area contributed by atoms with Crippen LogP contribution in [0.2, 0.25) is 0 Å². The Kier molecular flexibility index (Phi) is 4.53. The summed E-state index contributed by atoms with van der Waals surface area (Å²) in [6.07, 6.45) is 2.66. The molecule has 2 nitrogen and oxygen atoms in total. The standard InChI is InChI=1S/C12H15NO.C2H6/c1-9-6-7-10-4-3-5-12(14)13(2)11(10)8-9;1-2/h6-8H,3-5H2,1-2H3;1-2H3. The van der Waals surface area contributed by atoms with E-state index in [1.165, 1.54) is 11.1 Å². The van der Waals surface area contributed by atoms with E-state index < -0.39 is 0 Å². The van der Waals surface area contributed by atoms with Gasteiger partial charge in [-0.1, -0.05) is 26.0 Å². The van der Waals surface area contributed by atoms with Crippen LogP contribution in [0, 0.1) is 6.92 Å². The van der Waals surface area contributed by atoms with E-state index >= 15 is 0 Å². The first-order valence-electron chi connectivity index (χ1n) is 6.04. The topological polar surface area (TPSA) is 20.3 Å². The number of anilines is 1. The van der Waals surface area contributed by atoms with Crippen LogP contribution in [0.15, 0.2) is 18.2 Å². The third-order valence-corrected chi connectivity index (χ3v) is 2.81. The largest absolute Gasteiger partial charge is 0.315 e. The molecule has 88 valence electrons. The molecule has 0 saturated heterocycles. The molecule has 2 heteroatoms. The number of aryl methyl sites for hydroxylation is 2. The molecule has 0 N–H and O–H groups in total. The molecule has 16 heavy (non-hydrogen) atoms. The summed E-state index contributed by atoms with van der Waals surface area (Å²) in [6, 6.07) is 6.35. The molecule has 0 saturated carbocycles. The van der Waals surface area contributed by atoms with Crippen molar-refractivity contribution in [3.8, 4) is 0 Å². The van der Waals surface area contributed by atoms with Gasteiger partial charge < -0.3 is 4.90 Å². The Balaban J connectivity index is 0.000000606. The molecule has 1 aliphatic heterocycles. The molecule has 0 aliphatic carbocycles. The monoisotopic (exact) mass is 219 g/mol. The molecule has 1 heterocycles. The van der Waals surface area contributed by atoms with Crippen LogP contribution >= 0.6 is 0 Å². The minimum absolute atomic E-state index is 0.231. The Bertz CT molecular complexity index is 371. The van der Waals surface area contributed by atoms with Crippen LogP contribution in [0.1, 0.15) is 37.8 Å². The van der Waals surface area contributed by atoms with Gasteiger partial charge in [0.1, 0.15) is 0 Å². The zero-order valence-corrected chi connectivity index (χ0v) is 10.7. The summed E-state index contributed by atoms with van der Waals surface area (Å²) < 4.78 is 0. The van der Waals surface area contributed by atoms with Gasteiger partial charge in [-0.25, -0.2) is 0 Å². The Morgan fingerprint density at radius 2 is 1.88 bits per heavy atom. The molecule has 2 rings (SSSR count). The van der Waals surface area contributed by atoms with Crippen molar-refractivity contribution < 1.29 is 4.79 Å². The fraction of sp³-hybridized carbons (Fsp3) is 0.500. The van der Waals surface area contributed by atoms with Gasteiger partial charge in [0.25, 0.3) is 0 Å². The van der Waals surface area contributed by atoms with E-state index in [4.69, 9.17) is 0 Å². The lowest BCUT2D eigenvalue weighted by Crippen LogP contribution is -2.25. The first-order valence-corrected chi connectivity index (χ1v) is 6.04. The van der Waals surface area contributed by atoms with Gasteiger partial charge in [-0.05, 0) is 37.0 Å². The highest BCUT2D eigenvalue weighted by Gasteiger charge is 2.18. The fourth-order valence-electron chi connectivity index (χ4n) is 1.93. The van der Waals surface area contributed by atoms with Crippen LogP contribution in [0.5, 0.6) is 0 Å². The van der Waals surface area contributed by atoms with Crippen molar-refractivity contribution in [2.24, 2.45) is 0 Å². The van der Waals surface area contributed by atoms with Gasteiger partial charge in [0.15, 0.2) is 0 Å². The Labute approximate surface area is 98.3 Å². The summed E-state index contributed by atoms with van der Waals surface area (Å²) in [5, 5.41) is 0. The Hall–Kier alpha value is -1.31. The normalized spacial score (nSPS) is 14.8. The molecule has 0 fully saturated rings. The predicted octanol–water partition coefficient (Wildman–Crippen LogP) is 3.32. The van der Waals surface area contributed by atoms with E-state index in [-0.39, 0.29) is 5.91 Å². The molecule has 0 radical (unpaired) electrons. The van der Waals surface area contributed by atoms with Gasteiger partial charge in [0.05, 0.1) is 0 Å². The summed E-state index contributed by atoms with van der Waals surface area (Å²) in [6.45, 7) is 6.06. The smallest absolute Gasteiger partial charge is 0.226 e. The molecule has 0 aromatic heterocycles. The molecule has 1 amide bonds. The lowest BCUT2D eigenvalue weighted by Gasteiger charge is -2.17. The predicted molar refractivity (Wildman–Crippen MR) is 68.9 cm³/mol. The molecule has 1 aromatic carbocycles. The van der Waals surface area contributed by atoms with E-state index in [9.17, 15) is 4.79 Å². The molecule has 0 atom stereocenters. The van der Waals surface area contributed by atoms with Gasteiger partial charge in [-0.3, -0.25) is 4.79 Å². The number of amides is 1. The van der Waals surface area contributed by atoms with Gasteiger partial charge >= 0.3 is 0 Å². The maximum absolute atomic E-state index is 11.6. The number of rotatable bonds is 0. The fourth-order valence-corrected chi connectivity index (χ4v) is 1.93. The molecular weight excluding hydrogens is 198 g/mol. The summed E-state index contributed by atoms with van der Waals surface area (Å²) in [7, 11) is 1.87. The van der Waals surface area contributed by atoms with E-state index in [2.05, 4.69) is 25.1 Å². The highest BCUT2D eigenvalue weighted by Crippen LogP contribution is 2.26. The average Bonchev–Trinajstić information content (AvgIpc) is 2.44. The van der Waals surface area contributed by atoms with Gasteiger partial charge in [0, 0.05) is 19.2 Å². The summed E-state index contributed by atoms with van der Waals surface area (Å²) in [4.78, 5) is 13.4. The van der Waals surface area contributed by atoms with Crippen molar-refractivity contribution >= 4 is 11.6 Å². The van der Waals surface area contributed by atoms with Crippen molar-refractivity contribution in [3.05, 3.63) is 29.3 Å². The van der Waals surface area contributed by atoms with Gasteiger partial charge in [0.2, 0.25) is 5.91 Å². The molecule has 0 bridgehead atoms. The van der Waals surface area contributed by atoms with Crippen molar-refractivity contribution in [2.75, 3.05) is 11.9 Å². The molecule has 0 unspecified atom stereocenters. The SMILES string of the molecule is CC.Cc1ccc2c(c1)N(C)C(=O)CCC2. The third-order valence-electron chi connectivity index (χ3n) is 2.81. The number of benzene rings is 1. The van der Waals surface area contributed by atoms with Crippen LogP contribution in [0.25, 0.3) is 0 Å². The average molecular weight is 219 g/mol. The van der Waals surface area contributed by atoms with E-state index in [0.717, 1.165) is 18.5 Å². The maximum atomic E-state index is 11.6. The second-order valence-corrected chi connectivity index (χ2v) is 3.94. The van der Waals surface area contributed by atoms with Crippen LogP contribution in [-0.4, -0.2) is 13.0 Å². The molecule has 1 aromatic rings. The van der Waals surface area contributed by atoms with Crippen molar-refractivity contribution in [1.29, 1.82) is 0 Å². The summed E-state index contributed by atoms with van der Waals surface area (Å²) >= 11 is 0. The van der Waals surface area contributed by atoms with E-state index in [1.54, 1.807) is 4.90 Å². The third kappa shape index (κ3) is 2.63. The van der Waals surface area contributed by atoms with Crippen LogP contribution < -0.4 is 4.90 Å². The van der Waals surface area contributed by atoms with Crippen LogP contribution in [0.4, 0.5) is 5.69 Å². The number of carbonyl (C=O) groups excluding carboxylic acids is 1. The minimum atomic E-state index is 0.231. The van der Waals surface area contributed by atoms with E-state index in [1.807, 2.05) is 20.9 Å². The molecule has 0 spiro atoms. The first-order chi connectivity index (χ1) is 7.68. The second kappa shape index (κ2) is 5.69. The Morgan fingerprint density at radius 3 is 2.56 bits per heavy atom. The van der Waals surface area contributed by atoms with Crippen molar-refractivity contribution in [1.82, 2.24) is 0 Å². The number of hydrogen-bond donors (Lipinski definition) is 0. The van der Waals surface area contributed by atoms with Gasteiger partial charge in [-0.2, -0.15) is 0 Å². The van der Waals surface area contributed by atoms with Crippen LogP contribution in [0.3, 0.4) is 0 Å². The quantitative estimate of drug-likeness (QED) is 0.655. The lowest BCUT2D eigenvalue weighted by molar-refractivity contribution is -0.118. The molecule has 1 aliphatic rings. The van der Waals surface area contributed by atoms with E-state index in [0.29, 0.717) is 6.42 Å². The number of carbonyl (C=O) groups is 1.